The van der Waals surface area contributed by atoms with Gasteiger partial charge in [0.25, 0.3) is 0 Å². The van der Waals surface area contributed by atoms with E-state index >= 15 is 0 Å². The van der Waals surface area contributed by atoms with Crippen LogP contribution in [0.15, 0.2) is 11.6 Å². The Hall–Kier alpha value is -0.0500. The van der Waals surface area contributed by atoms with Gasteiger partial charge >= 0.3 is 0 Å². The number of hydrogen-bond donors (Lipinski definition) is 2. The van der Waals surface area contributed by atoms with E-state index in [-0.39, 0.29) is 12.1 Å². The zero-order valence-electron chi connectivity index (χ0n) is 6.59. The summed E-state index contributed by atoms with van der Waals surface area (Å²) in [5.41, 5.74) is 0. The summed E-state index contributed by atoms with van der Waals surface area (Å²) < 4.78 is 0. The van der Waals surface area contributed by atoms with Crippen molar-refractivity contribution in [2.75, 3.05) is 6.54 Å². The van der Waals surface area contributed by atoms with Gasteiger partial charge in [-0.1, -0.05) is 18.2 Å². The van der Waals surface area contributed by atoms with Crippen molar-refractivity contribution in [3.8, 4) is 0 Å². The van der Waals surface area contributed by atoms with Crippen LogP contribution in [0.3, 0.4) is 0 Å². The Bertz CT molecular complexity index is 149. The van der Waals surface area contributed by atoms with Gasteiger partial charge in [-0.15, -0.1) is 0 Å². The molecule has 1 fully saturated rings. The molecule has 3 N–H and O–H groups in total. The monoisotopic (exact) mass is 176 g/mol. The number of aliphatic hydroxyl groups excluding tert-OH is 1. The lowest BCUT2D eigenvalue weighted by Gasteiger charge is -2.25. The summed E-state index contributed by atoms with van der Waals surface area (Å²) in [5.74, 6) is 0. The molecule has 11 heavy (non-hydrogen) atoms. The van der Waals surface area contributed by atoms with Crippen LogP contribution in [0.5, 0.6) is 0 Å². The maximum atomic E-state index is 9.49. The predicted molar refractivity (Wildman–Crippen MR) is 45.4 cm³/mol. The maximum absolute atomic E-state index is 9.49. The molecule has 0 aromatic carbocycles. The number of aliphatic hydroxyl groups is 1. The van der Waals surface area contributed by atoms with Crippen LogP contribution >= 0.6 is 11.6 Å². The number of nitrogens with two attached hydrogens (primary N) is 1. The first kappa shape index (κ1) is 9.04. The molecule has 0 spiro atoms. The second-order valence-electron chi connectivity index (χ2n) is 3.12. The topological polar surface area (TPSA) is 36.8 Å². The second kappa shape index (κ2) is 4.10. The van der Waals surface area contributed by atoms with Crippen LogP contribution in [0.25, 0.3) is 0 Å². The van der Waals surface area contributed by atoms with Crippen molar-refractivity contribution in [3.05, 3.63) is 11.6 Å². The molecule has 1 saturated heterocycles. The lowest BCUT2D eigenvalue weighted by Crippen LogP contribution is -2.94. The van der Waals surface area contributed by atoms with E-state index in [1.165, 1.54) is 0 Å². The average Bonchev–Trinajstić information content (AvgIpc) is 1.93. The van der Waals surface area contributed by atoms with Crippen LogP contribution in [0.1, 0.15) is 19.3 Å². The summed E-state index contributed by atoms with van der Waals surface area (Å²) in [6, 6.07) is 0.244. The van der Waals surface area contributed by atoms with Gasteiger partial charge in [-0.25, -0.2) is 0 Å². The molecule has 0 aliphatic carbocycles. The summed E-state index contributed by atoms with van der Waals surface area (Å²) in [7, 11) is 0. The minimum atomic E-state index is -0.195. The fourth-order valence-corrected chi connectivity index (χ4v) is 1.68. The fraction of sp³-hybridized carbons (Fsp3) is 0.750. The largest absolute Gasteiger partial charge is 0.387 e. The lowest BCUT2D eigenvalue weighted by atomic mass is 9.99. The standard InChI is InChI=1S/C8H14ClNO/c1-6(9)5-7-8(11)3-2-4-10-7/h7-8,10-11H,1-5H2/p+1/t7-,8-/m1/s1. The maximum Gasteiger partial charge on any atom is 0.117 e. The normalized spacial score (nSPS) is 31.8. The number of piperidine rings is 1. The predicted octanol–water partition coefficient (Wildman–Crippen LogP) is 0.216. The second-order valence-corrected chi connectivity index (χ2v) is 3.65. The highest BCUT2D eigenvalue weighted by Crippen LogP contribution is 2.12. The van der Waals surface area contributed by atoms with Gasteiger partial charge in [0.2, 0.25) is 0 Å². The van der Waals surface area contributed by atoms with E-state index in [1.807, 2.05) is 0 Å². The van der Waals surface area contributed by atoms with Crippen molar-refractivity contribution in [1.82, 2.24) is 0 Å². The van der Waals surface area contributed by atoms with Crippen molar-refractivity contribution in [3.63, 3.8) is 0 Å². The zero-order valence-corrected chi connectivity index (χ0v) is 7.35. The molecular weight excluding hydrogens is 162 g/mol. The van der Waals surface area contributed by atoms with Crippen molar-refractivity contribution in [1.29, 1.82) is 0 Å². The molecule has 64 valence electrons. The smallest absolute Gasteiger partial charge is 0.117 e. The number of rotatable bonds is 2. The van der Waals surface area contributed by atoms with E-state index < -0.39 is 0 Å². The zero-order chi connectivity index (χ0) is 8.27. The minimum Gasteiger partial charge on any atom is -0.387 e. The quantitative estimate of drug-likeness (QED) is 0.621. The van der Waals surface area contributed by atoms with Gasteiger partial charge in [-0.3, -0.25) is 0 Å². The molecule has 0 saturated carbocycles. The Kier molecular flexibility index (Phi) is 3.37. The van der Waals surface area contributed by atoms with E-state index in [9.17, 15) is 5.11 Å². The first-order valence-electron chi connectivity index (χ1n) is 4.05. The highest BCUT2D eigenvalue weighted by molar-refractivity contribution is 6.29. The molecule has 0 aromatic rings. The lowest BCUT2D eigenvalue weighted by molar-refractivity contribution is -0.704. The number of hydrogen-bond acceptors (Lipinski definition) is 1. The molecule has 1 aliphatic heterocycles. The molecule has 0 bridgehead atoms. The number of quaternary nitrogens is 1. The molecule has 0 unspecified atom stereocenters. The van der Waals surface area contributed by atoms with E-state index in [1.54, 1.807) is 0 Å². The van der Waals surface area contributed by atoms with Crippen LogP contribution in [0.2, 0.25) is 0 Å². The summed E-state index contributed by atoms with van der Waals surface area (Å²) in [6.45, 7) is 4.72. The van der Waals surface area contributed by atoms with Gasteiger partial charge in [-0.05, 0) is 12.8 Å². The molecule has 1 aliphatic rings. The minimum absolute atomic E-state index is 0.195. The van der Waals surface area contributed by atoms with Crippen LogP contribution < -0.4 is 5.32 Å². The van der Waals surface area contributed by atoms with Gasteiger partial charge in [-0.2, -0.15) is 0 Å². The molecule has 1 heterocycles. The molecule has 0 radical (unpaired) electrons. The summed E-state index contributed by atoms with van der Waals surface area (Å²) in [5, 5.41) is 12.3. The van der Waals surface area contributed by atoms with E-state index in [0.29, 0.717) is 5.03 Å². The van der Waals surface area contributed by atoms with Gasteiger partial charge in [0.05, 0.1) is 6.54 Å². The SMILES string of the molecule is C=C(Cl)C[C@H]1[NH2+]CCC[C@H]1O. The van der Waals surface area contributed by atoms with Crippen LogP contribution in [0, 0.1) is 0 Å². The van der Waals surface area contributed by atoms with E-state index in [2.05, 4.69) is 11.9 Å². The Balaban J connectivity index is 2.35. The molecule has 2 nitrogen and oxygen atoms in total. The summed E-state index contributed by atoms with van der Waals surface area (Å²) in [4.78, 5) is 0. The van der Waals surface area contributed by atoms with Crippen molar-refractivity contribution in [2.24, 2.45) is 0 Å². The van der Waals surface area contributed by atoms with Gasteiger partial charge in [0.1, 0.15) is 12.1 Å². The highest BCUT2D eigenvalue weighted by atomic mass is 35.5. The Morgan fingerprint density at radius 2 is 2.45 bits per heavy atom. The van der Waals surface area contributed by atoms with E-state index in [4.69, 9.17) is 11.6 Å². The number of halogens is 1. The first-order valence-corrected chi connectivity index (χ1v) is 4.42. The van der Waals surface area contributed by atoms with Crippen LogP contribution in [-0.4, -0.2) is 23.8 Å². The van der Waals surface area contributed by atoms with Gasteiger partial charge in [0.15, 0.2) is 0 Å². The van der Waals surface area contributed by atoms with E-state index in [0.717, 1.165) is 25.8 Å². The van der Waals surface area contributed by atoms with Crippen molar-refractivity contribution in [2.45, 2.75) is 31.4 Å². The third-order valence-electron chi connectivity index (χ3n) is 2.12. The molecule has 0 aromatic heterocycles. The summed E-state index contributed by atoms with van der Waals surface area (Å²) in [6.07, 6.45) is 2.54. The fourth-order valence-electron chi connectivity index (χ4n) is 1.51. The van der Waals surface area contributed by atoms with Crippen LogP contribution in [0.4, 0.5) is 0 Å². The van der Waals surface area contributed by atoms with Crippen molar-refractivity contribution >= 4 is 11.6 Å². The Morgan fingerprint density at radius 1 is 1.73 bits per heavy atom. The third kappa shape index (κ3) is 2.81. The summed E-state index contributed by atoms with van der Waals surface area (Å²) >= 11 is 5.65. The molecule has 1 rings (SSSR count). The third-order valence-corrected chi connectivity index (χ3v) is 2.28. The Morgan fingerprint density at radius 3 is 3.00 bits per heavy atom. The Labute approximate surface area is 72.2 Å². The van der Waals surface area contributed by atoms with Crippen molar-refractivity contribution < 1.29 is 10.4 Å². The molecule has 3 heteroatoms. The first-order chi connectivity index (χ1) is 5.20. The average molecular weight is 177 g/mol. The molecular formula is C8H15ClNO+. The molecule has 2 atom stereocenters. The van der Waals surface area contributed by atoms with Gasteiger partial charge < -0.3 is 10.4 Å². The van der Waals surface area contributed by atoms with Crippen LogP contribution in [-0.2, 0) is 0 Å². The highest BCUT2D eigenvalue weighted by Gasteiger charge is 2.25. The molecule has 0 amide bonds. The van der Waals surface area contributed by atoms with Gasteiger partial charge in [0, 0.05) is 11.5 Å².